The zero-order valence-corrected chi connectivity index (χ0v) is 9.52. The Hall–Kier alpha value is -0.700. The van der Waals surface area contributed by atoms with E-state index in [0.29, 0.717) is 5.88 Å². The molecular formula is C11H22N2O. The van der Waals surface area contributed by atoms with Crippen molar-refractivity contribution in [3.05, 3.63) is 12.5 Å². The molecule has 3 heteroatoms. The molecular weight excluding hydrogens is 176 g/mol. The minimum absolute atomic E-state index is 0.155. The molecule has 0 spiro atoms. The molecule has 0 aliphatic carbocycles. The zero-order chi connectivity index (χ0) is 10.6. The van der Waals surface area contributed by atoms with E-state index in [0.717, 1.165) is 25.6 Å². The SMILES string of the molecule is C=C(NC[C@@H]1CCNC1)OC(C)(C)C. The Morgan fingerprint density at radius 2 is 2.29 bits per heavy atom. The molecule has 82 valence electrons. The molecule has 1 fully saturated rings. The van der Waals surface area contributed by atoms with Crippen LogP contribution in [0.1, 0.15) is 27.2 Å². The predicted molar refractivity (Wildman–Crippen MR) is 59.0 cm³/mol. The lowest BCUT2D eigenvalue weighted by atomic mass is 10.1. The molecule has 0 bridgehead atoms. The van der Waals surface area contributed by atoms with Gasteiger partial charge in [-0.2, -0.15) is 0 Å². The summed E-state index contributed by atoms with van der Waals surface area (Å²) in [6.07, 6.45) is 1.25. The van der Waals surface area contributed by atoms with E-state index in [1.54, 1.807) is 0 Å². The molecule has 0 unspecified atom stereocenters. The Labute approximate surface area is 86.9 Å². The van der Waals surface area contributed by atoms with Gasteiger partial charge in [0.25, 0.3) is 0 Å². The molecule has 1 saturated heterocycles. The number of hydrogen-bond acceptors (Lipinski definition) is 3. The number of hydrogen-bond donors (Lipinski definition) is 2. The van der Waals surface area contributed by atoms with Gasteiger partial charge in [0.2, 0.25) is 0 Å². The normalized spacial score (nSPS) is 22.1. The number of nitrogens with one attached hydrogen (secondary N) is 2. The maximum absolute atomic E-state index is 5.57. The van der Waals surface area contributed by atoms with E-state index in [4.69, 9.17) is 4.74 Å². The highest BCUT2D eigenvalue weighted by Gasteiger charge is 2.16. The van der Waals surface area contributed by atoms with E-state index in [-0.39, 0.29) is 5.60 Å². The maximum atomic E-state index is 5.57. The van der Waals surface area contributed by atoms with Crippen LogP contribution in [-0.2, 0) is 4.74 Å². The molecule has 0 amide bonds. The minimum Gasteiger partial charge on any atom is -0.474 e. The molecule has 1 rings (SSSR count). The van der Waals surface area contributed by atoms with E-state index in [2.05, 4.69) is 17.2 Å². The van der Waals surface area contributed by atoms with Gasteiger partial charge in [-0.3, -0.25) is 0 Å². The van der Waals surface area contributed by atoms with Crippen LogP contribution in [0, 0.1) is 5.92 Å². The average Bonchev–Trinajstić information content (AvgIpc) is 2.49. The van der Waals surface area contributed by atoms with Gasteiger partial charge in [0, 0.05) is 6.54 Å². The summed E-state index contributed by atoms with van der Waals surface area (Å²) < 4.78 is 5.57. The lowest BCUT2D eigenvalue weighted by Gasteiger charge is -2.24. The van der Waals surface area contributed by atoms with Gasteiger partial charge in [0.15, 0.2) is 5.88 Å². The molecule has 0 aromatic carbocycles. The molecule has 0 aromatic rings. The Balaban J connectivity index is 2.14. The van der Waals surface area contributed by atoms with Crippen LogP contribution >= 0.6 is 0 Å². The topological polar surface area (TPSA) is 33.3 Å². The van der Waals surface area contributed by atoms with E-state index in [1.807, 2.05) is 20.8 Å². The Kier molecular flexibility index (Phi) is 3.81. The Morgan fingerprint density at radius 3 is 2.79 bits per heavy atom. The lowest BCUT2D eigenvalue weighted by molar-refractivity contribution is 0.0407. The quantitative estimate of drug-likeness (QED) is 0.671. The molecule has 1 heterocycles. The first-order chi connectivity index (χ1) is 6.47. The zero-order valence-electron chi connectivity index (χ0n) is 9.52. The summed E-state index contributed by atoms with van der Waals surface area (Å²) in [6, 6.07) is 0. The van der Waals surface area contributed by atoms with Gasteiger partial charge in [-0.1, -0.05) is 0 Å². The molecule has 0 radical (unpaired) electrons. The largest absolute Gasteiger partial charge is 0.474 e. The van der Waals surface area contributed by atoms with E-state index < -0.39 is 0 Å². The highest BCUT2D eigenvalue weighted by atomic mass is 16.5. The third-order valence-corrected chi connectivity index (χ3v) is 2.18. The van der Waals surface area contributed by atoms with Gasteiger partial charge >= 0.3 is 0 Å². The third-order valence-electron chi connectivity index (χ3n) is 2.18. The third kappa shape index (κ3) is 4.51. The van der Waals surface area contributed by atoms with Crippen LogP contribution in [0.5, 0.6) is 0 Å². The maximum Gasteiger partial charge on any atom is 0.179 e. The van der Waals surface area contributed by atoms with Crippen LogP contribution in [0.25, 0.3) is 0 Å². The van der Waals surface area contributed by atoms with Gasteiger partial charge in [-0.05, 0) is 52.8 Å². The molecule has 0 aromatic heterocycles. The van der Waals surface area contributed by atoms with Gasteiger partial charge in [-0.25, -0.2) is 0 Å². The first kappa shape index (κ1) is 11.4. The number of rotatable bonds is 4. The Morgan fingerprint density at radius 1 is 1.57 bits per heavy atom. The van der Waals surface area contributed by atoms with Crippen molar-refractivity contribution >= 4 is 0 Å². The van der Waals surface area contributed by atoms with Crippen molar-refractivity contribution in [2.45, 2.75) is 32.8 Å². The second-order valence-corrected chi connectivity index (χ2v) is 4.88. The summed E-state index contributed by atoms with van der Waals surface area (Å²) in [6.45, 7) is 13.1. The molecule has 1 aliphatic heterocycles. The van der Waals surface area contributed by atoms with Crippen molar-refractivity contribution in [1.29, 1.82) is 0 Å². The molecule has 3 nitrogen and oxygen atoms in total. The van der Waals surface area contributed by atoms with Gasteiger partial charge < -0.3 is 15.4 Å². The van der Waals surface area contributed by atoms with Crippen molar-refractivity contribution in [2.24, 2.45) is 5.92 Å². The summed E-state index contributed by atoms with van der Waals surface area (Å²) in [4.78, 5) is 0. The van der Waals surface area contributed by atoms with E-state index in [1.165, 1.54) is 6.42 Å². The number of ether oxygens (including phenoxy) is 1. The van der Waals surface area contributed by atoms with Crippen LogP contribution in [0.3, 0.4) is 0 Å². The van der Waals surface area contributed by atoms with Crippen LogP contribution in [0.4, 0.5) is 0 Å². The fraction of sp³-hybridized carbons (Fsp3) is 0.818. The van der Waals surface area contributed by atoms with Crippen LogP contribution < -0.4 is 10.6 Å². The summed E-state index contributed by atoms with van der Waals surface area (Å²) in [5, 5.41) is 6.56. The van der Waals surface area contributed by atoms with Gasteiger partial charge in [0.05, 0.1) is 0 Å². The van der Waals surface area contributed by atoms with Crippen molar-refractivity contribution in [3.63, 3.8) is 0 Å². The fourth-order valence-electron chi connectivity index (χ4n) is 1.55. The van der Waals surface area contributed by atoms with Crippen LogP contribution in [-0.4, -0.2) is 25.2 Å². The van der Waals surface area contributed by atoms with Crippen LogP contribution in [0.2, 0.25) is 0 Å². The summed E-state index contributed by atoms with van der Waals surface area (Å²) in [5.74, 6) is 1.40. The molecule has 0 saturated carbocycles. The summed E-state index contributed by atoms with van der Waals surface area (Å²) in [7, 11) is 0. The Bertz CT molecular complexity index is 190. The van der Waals surface area contributed by atoms with Crippen LogP contribution in [0.15, 0.2) is 12.5 Å². The van der Waals surface area contributed by atoms with Gasteiger partial charge in [-0.15, -0.1) is 0 Å². The highest BCUT2D eigenvalue weighted by Crippen LogP contribution is 2.11. The molecule has 2 N–H and O–H groups in total. The molecule has 1 aliphatic rings. The average molecular weight is 198 g/mol. The smallest absolute Gasteiger partial charge is 0.179 e. The van der Waals surface area contributed by atoms with E-state index >= 15 is 0 Å². The van der Waals surface area contributed by atoms with Crippen molar-refractivity contribution < 1.29 is 4.74 Å². The predicted octanol–water partition coefficient (Wildman–Crippen LogP) is 1.47. The second-order valence-electron chi connectivity index (χ2n) is 4.88. The highest BCUT2D eigenvalue weighted by molar-refractivity contribution is 4.85. The van der Waals surface area contributed by atoms with E-state index in [9.17, 15) is 0 Å². The summed E-state index contributed by atoms with van der Waals surface area (Å²) >= 11 is 0. The van der Waals surface area contributed by atoms with Crippen molar-refractivity contribution in [1.82, 2.24) is 10.6 Å². The van der Waals surface area contributed by atoms with Crippen molar-refractivity contribution in [2.75, 3.05) is 19.6 Å². The van der Waals surface area contributed by atoms with Crippen molar-refractivity contribution in [3.8, 4) is 0 Å². The minimum atomic E-state index is -0.155. The second kappa shape index (κ2) is 4.69. The monoisotopic (exact) mass is 198 g/mol. The fourth-order valence-corrected chi connectivity index (χ4v) is 1.55. The first-order valence-corrected chi connectivity index (χ1v) is 5.30. The molecule has 1 atom stereocenters. The molecule has 14 heavy (non-hydrogen) atoms. The first-order valence-electron chi connectivity index (χ1n) is 5.30. The lowest BCUT2D eigenvalue weighted by Crippen LogP contribution is -2.29. The standard InChI is InChI=1S/C11H22N2O/c1-9(14-11(2,3)4)13-8-10-5-6-12-7-10/h10,12-13H,1,5-8H2,2-4H3/t10-/m1/s1. The summed E-state index contributed by atoms with van der Waals surface area (Å²) in [5.41, 5.74) is -0.155. The van der Waals surface area contributed by atoms with Gasteiger partial charge in [0.1, 0.15) is 5.60 Å².